The molecule has 2 heteroatoms. The predicted octanol–water partition coefficient (Wildman–Crippen LogP) is 15.4. The third-order valence-corrected chi connectivity index (χ3v) is 11.9. The van der Waals surface area contributed by atoms with Gasteiger partial charge in [0.2, 0.25) is 0 Å². The Morgan fingerprint density at radius 2 is 0.931 bits per heavy atom. The van der Waals surface area contributed by atoms with E-state index in [1.807, 2.05) is 0 Å². The van der Waals surface area contributed by atoms with E-state index in [2.05, 4.69) is 228 Å². The topological polar surface area (TPSA) is 8.17 Å². The first-order chi connectivity index (χ1) is 28.7. The number of allylic oxidation sites excluding steroid dienone is 1. The van der Waals surface area contributed by atoms with Crippen LogP contribution >= 0.6 is 0 Å². The Balaban J connectivity index is 0.980. The summed E-state index contributed by atoms with van der Waals surface area (Å²) in [5, 5.41) is 5.15. The Kier molecular flexibility index (Phi) is 8.33. The summed E-state index contributed by atoms with van der Waals surface area (Å²) in [5.74, 6) is 0. The van der Waals surface area contributed by atoms with E-state index in [1.165, 1.54) is 77.1 Å². The van der Waals surface area contributed by atoms with Crippen LogP contribution in [0.15, 0.2) is 212 Å². The molecule has 0 amide bonds. The van der Waals surface area contributed by atoms with Crippen molar-refractivity contribution in [2.45, 2.75) is 12.8 Å². The number of aromatic nitrogens is 1. The van der Waals surface area contributed by atoms with Crippen molar-refractivity contribution < 1.29 is 0 Å². The van der Waals surface area contributed by atoms with Gasteiger partial charge in [0.05, 0.1) is 11.0 Å². The van der Waals surface area contributed by atoms with Crippen LogP contribution in [-0.2, 0) is 6.42 Å². The number of nitrogens with zero attached hydrogens (tertiary/aromatic N) is 2. The molecule has 0 spiro atoms. The lowest BCUT2D eigenvalue weighted by atomic mass is 9.93. The van der Waals surface area contributed by atoms with Crippen molar-refractivity contribution in [3.63, 3.8) is 0 Å². The molecule has 58 heavy (non-hydrogen) atoms. The van der Waals surface area contributed by atoms with Gasteiger partial charge in [0.1, 0.15) is 0 Å². The minimum absolute atomic E-state index is 1.09. The average Bonchev–Trinajstić information content (AvgIpc) is 3.65. The summed E-state index contributed by atoms with van der Waals surface area (Å²) in [6.45, 7) is 0. The van der Waals surface area contributed by atoms with E-state index in [9.17, 15) is 0 Å². The second-order valence-electron chi connectivity index (χ2n) is 15.3. The number of rotatable bonds is 7. The first kappa shape index (κ1) is 33.9. The van der Waals surface area contributed by atoms with Gasteiger partial charge < -0.3 is 9.47 Å². The lowest BCUT2D eigenvalue weighted by molar-refractivity contribution is 0.989. The molecule has 274 valence electrons. The number of fused-ring (bicyclic) bond motifs is 6. The highest BCUT2D eigenvalue weighted by molar-refractivity contribution is 6.13. The number of para-hydroxylation sites is 1. The van der Waals surface area contributed by atoms with Crippen LogP contribution in [0.5, 0.6) is 0 Å². The third kappa shape index (κ3) is 5.98. The molecule has 10 aromatic rings. The highest BCUT2D eigenvalue weighted by Crippen LogP contribution is 2.41. The van der Waals surface area contributed by atoms with Crippen molar-refractivity contribution in [3.8, 4) is 39.1 Å². The normalized spacial score (nSPS) is 12.3. The molecule has 0 fully saturated rings. The maximum Gasteiger partial charge on any atom is 0.0547 e. The summed E-state index contributed by atoms with van der Waals surface area (Å²) >= 11 is 0. The molecule has 0 N–H and O–H groups in total. The van der Waals surface area contributed by atoms with Crippen LogP contribution in [0.25, 0.3) is 77.7 Å². The minimum Gasteiger partial charge on any atom is -0.311 e. The zero-order valence-electron chi connectivity index (χ0n) is 32.1. The molecule has 0 radical (unpaired) electrons. The molecule has 0 unspecified atom stereocenters. The Morgan fingerprint density at radius 3 is 1.62 bits per heavy atom. The lowest BCUT2D eigenvalue weighted by Gasteiger charge is -2.26. The standard InChI is InChI=1S/C56H40N2/c1-2-10-39(11-3-1)41-18-20-42(21-19-41)43-24-29-48(30-25-43)57(49-31-26-44(27-32-49)47-23-22-40-12-4-5-14-46(40)38-47)50-33-35-51(36-34-50)58-54-17-9-8-16-53(54)56-52-15-7-6-13-45(52)28-37-55(56)58/h1-5,7-12,14-38H,6,13H2. The largest absolute Gasteiger partial charge is 0.311 e. The highest BCUT2D eigenvalue weighted by atomic mass is 15.1. The zero-order valence-corrected chi connectivity index (χ0v) is 32.1. The smallest absolute Gasteiger partial charge is 0.0547 e. The van der Waals surface area contributed by atoms with Gasteiger partial charge in [0.25, 0.3) is 0 Å². The molecular weight excluding hydrogens is 701 g/mol. The van der Waals surface area contributed by atoms with Crippen LogP contribution < -0.4 is 4.90 Å². The number of aryl methyl sites for hydroxylation is 1. The number of anilines is 3. The van der Waals surface area contributed by atoms with Gasteiger partial charge in [-0.3, -0.25) is 0 Å². The zero-order chi connectivity index (χ0) is 38.4. The van der Waals surface area contributed by atoms with E-state index in [0.29, 0.717) is 0 Å². The quantitative estimate of drug-likeness (QED) is 0.158. The molecule has 9 aromatic carbocycles. The van der Waals surface area contributed by atoms with Crippen molar-refractivity contribution in [2.24, 2.45) is 0 Å². The lowest BCUT2D eigenvalue weighted by Crippen LogP contribution is -2.10. The summed E-state index contributed by atoms with van der Waals surface area (Å²) in [6, 6.07) is 75.2. The summed E-state index contributed by atoms with van der Waals surface area (Å²) < 4.78 is 2.43. The van der Waals surface area contributed by atoms with Gasteiger partial charge in [-0.1, -0.05) is 152 Å². The SMILES string of the molecule is C1=Cc2c(ccc3c2c2ccccc2n3-c2ccc(N(c3ccc(-c4ccc(-c5ccccc5)cc4)cc3)c3ccc(-c4ccc5ccccc5c4)cc3)cc2)CC1. The summed E-state index contributed by atoms with van der Waals surface area (Å²) in [6.07, 6.45) is 6.84. The van der Waals surface area contributed by atoms with E-state index >= 15 is 0 Å². The van der Waals surface area contributed by atoms with Crippen molar-refractivity contribution in [3.05, 3.63) is 223 Å². The summed E-state index contributed by atoms with van der Waals surface area (Å²) in [7, 11) is 0. The molecule has 0 saturated heterocycles. The van der Waals surface area contributed by atoms with Crippen LogP contribution in [0.2, 0.25) is 0 Å². The molecule has 0 atom stereocenters. The van der Waals surface area contributed by atoms with Gasteiger partial charge in [0, 0.05) is 33.5 Å². The maximum atomic E-state index is 2.43. The summed E-state index contributed by atoms with van der Waals surface area (Å²) in [5.41, 5.74) is 17.0. The van der Waals surface area contributed by atoms with Gasteiger partial charge >= 0.3 is 0 Å². The monoisotopic (exact) mass is 740 g/mol. The Morgan fingerprint density at radius 1 is 0.397 bits per heavy atom. The van der Waals surface area contributed by atoms with Gasteiger partial charge in [-0.15, -0.1) is 0 Å². The number of hydrogen-bond acceptors (Lipinski definition) is 1. The Bertz CT molecular complexity index is 3120. The van der Waals surface area contributed by atoms with Crippen molar-refractivity contribution >= 4 is 55.7 Å². The van der Waals surface area contributed by atoms with Gasteiger partial charge in [-0.05, 0) is 135 Å². The molecule has 1 aliphatic rings. The second-order valence-corrected chi connectivity index (χ2v) is 15.3. The number of hydrogen-bond donors (Lipinski definition) is 0. The Labute approximate surface area is 339 Å². The Hall–Kier alpha value is -7.42. The molecule has 0 saturated carbocycles. The fourth-order valence-electron chi connectivity index (χ4n) is 8.92. The van der Waals surface area contributed by atoms with Crippen LogP contribution in [-0.4, -0.2) is 4.57 Å². The molecule has 1 heterocycles. The van der Waals surface area contributed by atoms with Crippen LogP contribution in [0.1, 0.15) is 17.5 Å². The second kappa shape index (κ2) is 14.3. The van der Waals surface area contributed by atoms with Gasteiger partial charge in [-0.2, -0.15) is 0 Å². The molecule has 0 bridgehead atoms. The first-order valence-corrected chi connectivity index (χ1v) is 20.2. The average molecular weight is 741 g/mol. The molecular formula is C56H40N2. The van der Waals surface area contributed by atoms with Crippen LogP contribution in [0.4, 0.5) is 17.1 Å². The molecule has 0 aliphatic heterocycles. The summed E-state index contributed by atoms with van der Waals surface area (Å²) in [4.78, 5) is 2.36. The fraction of sp³-hybridized carbons (Fsp3) is 0.0357. The van der Waals surface area contributed by atoms with Crippen molar-refractivity contribution in [1.29, 1.82) is 0 Å². The maximum absolute atomic E-state index is 2.43. The third-order valence-electron chi connectivity index (χ3n) is 11.9. The molecule has 1 aliphatic carbocycles. The van der Waals surface area contributed by atoms with E-state index in [4.69, 9.17) is 0 Å². The van der Waals surface area contributed by atoms with Crippen molar-refractivity contribution in [2.75, 3.05) is 4.90 Å². The highest BCUT2D eigenvalue weighted by Gasteiger charge is 2.19. The van der Waals surface area contributed by atoms with E-state index in [-0.39, 0.29) is 0 Å². The number of benzene rings is 9. The van der Waals surface area contributed by atoms with Gasteiger partial charge in [-0.25, -0.2) is 0 Å². The van der Waals surface area contributed by atoms with Crippen LogP contribution in [0.3, 0.4) is 0 Å². The van der Waals surface area contributed by atoms with Gasteiger partial charge in [0.15, 0.2) is 0 Å². The molecule has 2 nitrogen and oxygen atoms in total. The minimum atomic E-state index is 1.09. The molecule has 11 rings (SSSR count). The first-order valence-electron chi connectivity index (χ1n) is 20.2. The predicted molar refractivity (Wildman–Crippen MR) is 247 cm³/mol. The van der Waals surface area contributed by atoms with E-state index in [0.717, 1.165) is 35.6 Å². The van der Waals surface area contributed by atoms with Crippen molar-refractivity contribution in [1.82, 2.24) is 4.57 Å². The fourth-order valence-corrected chi connectivity index (χ4v) is 8.92. The van der Waals surface area contributed by atoms with Crippen LogP contribution in [0, 0.1) is 0 Å². The van der Waals surface area contributed by atoms with E-state index in [1.54, 1.807) is 0 Å². The molecule has 1 aromatic heterocycles. The van der Waals surface area contributed by atoms with E-state index < -0.39 is 0 Å².